The van der Waals surface area contributed by atoms with Crippen molar-refractivity contribution in [3.8, 4) is 0 Å². The Kier molecular flexibility index (Phi) is 16.7. The number of cyclic esters (lactones) is 1. The predicted molar refractivity (Wildman–Crippen MR) is 158 cm³/mol. The van der Waals surface area contributed by atoms with Crippen molar-refractivity contribution in [2.45, 2.75) is 70.4 Å². The normalized spacial score (nSPS) is 17.7. The molecule has 9 nitrogen and oxygen atoms in total. The summed E-state index contributed by atoms with van der Waals surface area (Å²) in [7, 11) is 0. The van der Waals surface area contributed by atoms with Crippen molar-refractivity contribution >= 4 is 48.2 Å². The highest BCUT2D eigenvalue weighted by Gasteiger charge is 2.35. The van der Waals surface area contributed by atoms with E-state index in [9.17, 15) is 14.0 Å². The molecule has 0 aromatic heterocycles. The molecule has 0 spiro atoms. The average Bonchev–Trinajstić information content (AvgIpc) is 3.27. The number of carbonyl (C=O) groups is 2. The van der Waals surface area contributed by atoms with Crippen LogP contribution in [0.2, 0.25) is 0 Å². The molecule has 2 aliphatic rings. The number of nitrogens with zero attached hydrogens (tertiary/aromatic N) is 3. The van der Waals surface area contributed by atoms with Crippen molar-refractivity contribution < 1.29 is 23.5 Å². The van der Waals surface area contributed by atoms with E-state index in [4.69, 9.17) is 20.9 Å². The molecule has 3 rings (SSSR count). The number of hydrogen-bond donors (Lipinski definition) is 2. The second-order valence-electron chi connectivity index (χ2n) is 9.94. The molecule has 12 heteroatoms. The van der Waals surface area contributed by atoms with E-state index in [0.29, 0.717) is 57.2 Å². The van der Waals surface area contributed by atoms with Crippen molar-refractivity contribution in [2.24, 2.45) is 11.5 Å². The lowest BCUT2D eigenvalue weighted by atomic mass is 10.1. The Morgan fingerprint density at radius 3 is 2.51 bits per heavy atom. The van der Waals surface area contributed by atoms with Crippen LogP contribution in [-0.4, -0.2) is 81.5 Å². The van der Waals surface area contributed by atoms with Gasteiger partial charge in [-0.1, -0.05) is 39.0 Å². The zero-order chi connectivity index (χ0) is 26.6. The monoisotopic (exact) mass is 593 g/mol. The van der Waals surface area contributed by atoms with E-state index in [0.717, 1.165) is 38.5 Å². The summed E-state index contributed by atoms with van der Waals surface area (Å²) in [6, 6.07) is 4.21. The molecule has 2 saturated heterocycles. The Morgan fingerprint density at radius 2 is 1.85 bits per heavy atom. The molecule has 2 fully saturated rings. The van der Waals surface area contributed by atoms with Gasteiger partial charge in [0.15, 0.2) is 0 Å². The topological polar surface area (TPSA) is 114 Å². The third kappa shape index (κ3) is 10.6. The first kappa shape index (κ1) is 35.2. The fraction of sp³-hybridized carbons (Fsp3) is 0.704. The molecule has 2 atom stereocenters. The summed E-state index contributed by atoms with van der Waals surface area (Å²) in [6.45, 7) is 6.20. The molecular formula is C27H46Cl2FN5O4. The molecule has 0 unspecified atom stereocenters. The van der Waals surface area contributed by atoms with Crippen LogP contribution in [0.4, 0.5) is 20.6 Å². The summed E-state index contributed by atoms with van der Waals surface area (Å²) < 4.78 is 25.9. The van der Waals surface area contributed by atoms with Crippen LogP contribution in [0, 0.1) is 5.82 Å². The van der Waals surface area contributed by atoms with Crippen molar-refractivity contribution in [3.63, 3.8) is 0 Å². The summed E-state index contributed by atoms with van der Waals surface area (Å²) in [5.41, 5.74) is 12.7. The Morgan fingerprint density at radius 1 is 1.13 bits per heavy atom. The highest BCUT2D eigenvalue weighted by Crippen LogP contribution is 2.28. The van der Waals surface area contributed by atoms with Crippen molar-refractivity contribution in [1.82, 2.24) is 4.90 Å². The Bertz CT molecular complexity index is 879. The lowest BCUT2D eigenvalue weighted by Crippen LogP contribution is -2.47. The molecule has 0 saturated carbocycles. The average molecular weight is 595 g/mol. The van der Waals surface area contributed by atoms with E-state index in [1.54, 1.807) is 17.0 Å². The number of rotatable bonds is 15. The minimum Gasteiger partial charge on any atom is -0.442 e. The highest BCUT2D eigenvalue weighted by atomic mass is 35.5. The van der Waals surface area contributed by atoms with Gasteiger partial charge in [-0.15, -0.1) is 24.8 Å². The number of benzene rings is 1. The highest BCUT2D eigenvalue weighted by molar-refractivity contribution is 5.90. The maximum absolute atomic E-state index is 14.9. The molecule has 1 aromatic carbocycles. The van der Waals surface area contributed by atoms with Gasteiger partial charge in [0.2, 0.25) is 5.91 Å². The number of carbonyl (C=O) groups excluding carboxylic acids is 2. The van der Waals surface area contributed by atoms with E-state index in [2.05, 4.69) is 6.92 Å². The summed E-state index contributed by atoms with van der Waals surface area (Å²) >= 11 is 0. The lowest BCUT2D eigenvalue weighted by Gasteiger charge is -2.29. The zero-order valence-corrected chi connectivity index (χ0v) is 24.7. The molecule has 39 heavy (non-hydrogen) atoms. The predicted octanol–water partition coefficient (Wildman–Crippen LogP) is 4.09. The number of halogens is 3. The van der Waals surface area contributed by atoms with Gasteiger partial charge in [-0.3, -0.25) is 9.69 Å². The zero-order valence-electron chi connectivity index (χ0n) is 23.0. The van der Waals surface area contributed by atoms with Gasteiger partial charge < -0.3 is 30.7 Å². The third-order valence-electron chi connectivity index (χ3n) is 7.02. The van der Waals surface area contributed by atoms with Crippen LogP contribution in [0.25, 0.3) is 0 Å². The smallest absolute Gasteiger partial charge is 0.414 e. The first-order valence-corrected chi connectivity index (χ1v) is 13.8. The van der Waals surface area contributed by atoms with Gasteiger partial charge in [-0.2, -0.15) is 0 Å². The van der Waals surface area contributed by atoms with Gasteiger partial charge in [0.1, 0.15) is 11.9 Å². The molecule has 2 amide bonds. The summed E-state index contributed by atoms with van der Waals surface area (Å²) in [4.78, 5) is 31.0. The number of unbranched alkanes of at least 4 members (excludes halogenated alkanes) is 5. The quantitative estimate of drug-likeness (QED) is 0.294. The van der Waals surface area contributed by atoms with E-state index >= 15 is 0 Å². The van der Waals surface area contributed by atoms with Crippen LogP contribution in [0.5, 0.6) is 0 Å². The van der Waals surface area contributed by atoms with Crippen LogP contribution in [0.3, 0.4) is 0 Å². The fourth-order valence-corrected chi connectivity index (χ4v) is 4.86. The second-order valence-corrected chi connectivity index (χ2v) is 9.94. The van der Waals surface area contributed by atoms with Gasteiger partial charge in [0, 0.05) is 19.6 Å². The largest absolute Gasteiger partial charge is 0.442 e. The lowest BCUT2D eigenvalue weighted by molar-refractivity contribution is -0.134. The molecule has 0 bridgehead atoms. The van der Waals surface area contributed by atoms with E-state index in [1.807, 2.05) is 4.90 Å². The molecule has 0 aliphatic carbocycles. The van der Waals surface area contributed by atoms with Crippen molar-refractivity contribution in [1.29, 1.82) is 0 Å². The van der Waals surface area contributed by atoms with Gasteiger partial charge >= 0.3 is 6.09 Å². The number of hydrogen-bond acceptors (Lipinski definition) is 7. The molecule has 0 radical (unpaired) electrons. The standard InChI is InChI=1S/C27H44FN5O4.2ClH/c1-2-3-4-5-8-13-32(26(34)24(30)9-6-7-12-29)19-22-20-33(27(35)37-22)21-10-11-25(23(28)18-21)31-14-16-36-17-15-31;;/h10-11,18,22,24H,2-9,12-17,19-20,29-30H2,1H3;2*1H/t22-,24-;;/m0../s1. The van der Waals surface area contributed by atoms with Gasteiger partial charge in [-0.25, -0.2) is 9.18 Å². The van der Waals surface area contributed by atoms with E-state index < -0.39 is 18.2 Å². The third-order valence-corrected chi connectivity index (χ3v) is 7.02. The Hall–Kier alpha value is -1.85. The first-order chi connectivity index (χ1) is 17.9. The molecule has 224 valence electrons. The van der Waals surface area contributed by atoms with Gasteiger partial charge in [0.25, 0.3) is 0 Å². The minimum absolute atomic E-state index is 0. The van der Waals surface area contributed by atoms with E-state index in [-0.39, 0.29) is 49.6 Å². The SMILES string of the molecule is CCCCCCCN(C[C@H]1CN(c2ccc(N3CCOCC3)c(F)c2)C(=O)O1)C(=O)[C@@H](N)CCCCN.Cl.Cl. The number of nitrogens with two attached hydrogens (primary N) is 2. The summed E-state index contributed by atoms with van der Waals surface area (Å²) in [5.74, 6) is -0.508. The molecule has 2 aliphatic heterocycles. The maximum atomic E-state index is 14.9. The summed E-state index contributed by atoms with van der Waals surface area (Å²) in [6.07, 6.45) is 6.51. The Labute approximate surface area is 244 Å². The minimum atomic E-state index is -0.600. The number of anilines is 2. The Balaban J connectivity index is 0.00000380. The molecular weight excluding hydrogens is 548 g/mol. The van der Waals surface area contributed by atoms with Crippen LogP contribution < -0.4 is 21.3 Å². The fourth-order valence-electron chi connectivity index (χ4n) is 4.86. The molecule has 1 aromatic rings. The molecule has 4 N–H and O–H groups in total. The second kappa shape index (κ2) is 18.5. The number of ether oxygens (including phenoxy) is 2. The van der Waals surface area contributed by atoms with Crippen LogP contribution in [0.15, 0.2) is 18.2 Å². The van der Waals surface area contributed by atoms with Crippen LogP contribution in [0.1, 0.15) is 58.3 Å². The van der Waals surface area contributed by atoms with Gasteiger partial charge in [0.05, 0.1) is 43.7 Å². The maximum Gasteiger partial charge on any atom is 0.414 e. The van der Waals surface area contributed by atoms with E-state index in [1.165, 1.54) is 17.4 Å². The number of amides is 2. The molecule has 2 heterocycles. The number of morpholine rings is 1. The van der Waals surface area contributed by atoms with Crippen molar-refractivity contribution in [3.05, 3.63) is 24.0 Å². The first-order valence-electron chi connectivity index (χ1n) is 13.8. The van der Waals surface area contributed by atoms with Gasteiger partial charge in [-0.05, 0) is 44.0 Å². The van der Waals surface area contributed by atoms with Crippen LogP contribution in [-0.2, 0) is 14.3 Å². The van der Waals surface area contributed by atoms with Crippen LogP contribution >= 0.6 is 24.8 Å². The van der Waals surface area contributed by atoms with Crippen molar-refractivity contribution in [2.75, 3.05) is 62.3 Å². The summed E-state index contributed by atoms with van der Waals surface area (Å²) in [5, 5.41) is 0.